The second kappa shape index (κ2) is 7.93. The summed E-state index contributed by atoms with van der Waals surface area (Å²) in [5.74, 6) is 0.538. The van der Waals surface area contributed by atoms with Gasteiger partial charge in [-0.2, -0.15) is 4.31 Å². The molecule has 1 saturated heterocycles. The van der Waals surface area contributed by atoms with Crippen molar-refractivity contribution < 1.29 is 12.8 Å². The van der Waals surface area contributed by atoms with Gasteiger partial charge in [-0.1, -0.05) is 12.1 Å². The molecule has 1 aliphatic heterocycles. The summed E-state index contributed by atoms with van der Waals surface area (Å²) in [5.41, 5.74) is 3.15. The third-order valence-electron chi connectivity index (χ3n) is 5.30. The molecule has 0 radical (unpaired) electrons. The summed E-state index contributed by atoms with van der Waals surface area (Å²) >= 11 is 1.46. The fraction of sp³-hybridized carbons (Fsp3) is 0.333. The van der Waals surface area contributed by atoms with Crippen LogP contribution in [0.25, 0.3) is 11.0 Å². The van der Waals surface area contributed by atoms with Crippen LogP contribution in [0, 0.1) is 13.8 Å². The zero-order valence-electron chi connectivity index (χ0n) is 16.3. The molecule has 29 heavy (non-hydrogen) atoms. The number of aromatic nitrogens is 1. The number of rotatable bonds is 5. The molecule has 0 unspecified atom stereocenters. The highest BCUT2D eigenvalue weighted by Gasteiger charge is 2.27. The molecule has 3 aromatic rings. The molecular formula is C21H22N2O4S2. The van der Waals surface area contributed by atoms with E-state index in [0.717, 1.165) is 34.9 Å². The third kappa shape index (κ3) is 3.97. The highest BCUT2D eigenvalue weighted by atomic mass is 32.2. The van der Waals surface area contributed by atoms with Gasteiger partial charge in [0.15, 0.2) is 0 Å². The molecule has 1 fully saturated rings. The largest absolute Gasteiger partial charge is 0.422 e. The summed E-state index contributed by atoms with van der Waals surface area (Å²) in [6.07, 6.45) is 3.22. The predicted octanol–water partition coefficient (Wildman–Crippen LogP) is 3.88. The van der Waals surface area contributed by atoms with Crippen LogP contribution in [0.1, 0.15) is 29.5 Å². The molecule has 0 atom stereocenters. The van der Waals surface area contributed by atoms with Crippen molar-refractivity contribution in [3.8, 4) is 0 Å². The van der Waals surface area contributed by atoms with Crippen molar-refractivity contribution in [3.63, 3.8) is 0 Å². The molecule has 1 aliphatic rings. The topological polar surface area (TPSA) is 80.5 Å². The van der Waals surface area contributed by atoms with Crippen molar-refractivity contribution in [2.75, 3.05) is 13.1 Å². The Labute approximate surface area is 174 Å². The van der Waals surface area contributed by atoms with Crippen LogP contribution in [-0.2, 0) is 15.8 Å². The summed E-state index contributed by atoms with van der Waals surface area (Å²) in [6.45, 7) is 5.07. The third-order valence-corrected chi connectivity index (χ3v) is 8.18. The first-order valence-corrected chi connectivity index (χ1v) is 11.9. The van der Waals surface area contributed by atoms with Crippen molar-refractivity contribution in [2.45, 2.75) is 42.4 Å². The Kier molecular flexibility index (Phi) is 5.50. The van der Waals surface area contributed by atoms with E-state index >= 15 is 0 Å². The molecule has 8 heteroatoms. The van der Waals surface area contributed by atoms with Gasteiger partial charge in [-0.25, -0.2) is 18.2 Å². The van der Waals surface area contributed by atoms with Gasteiger partial charge in [0.2, 0.25) is 10.0 Å². The number of thioether (sulfide) groups is 1. The van der Waals surface area contributed by atoms with Crippen LogP contribution in [0.2, 0.25) is 0 Å². The lowest BCUT2D eigenvalue weighted by Crippen LogP contribution is -2.27. The lowest BCUT2D eigenvalue weighted by molar-refractivity contribution is 0.477. The molecular weight excluding hydrogens is 408 g/mol. The minimum absolute atomic E-state index is 0.223. The van der Waals surface area contributed by atoms with Gasteiger partial charge in [0.05, 0.1) is 5.03 Å². The molecule has 2 aromatic heterocycles. The quantitative estimate of drug-likeness (QED) is 0.451. The number of aryl methyl sites for hydroxylation is 2. The number of fused-ring (bicyclic) bond motifs is 1. The average molecular weight is 431 g/mol. The zero-order chi connectivity index (χ0) is 20.6. The molecule has 0 bridgehead atoms. The van der Waals surface area contributed by atoms with Crippen LogP contribution in [0.4, 0.5) is 0 Å². The normalized spacial score (nSPS) is 15.2. The number of nitrogens with zero attached hydrogens (tertiary/aromatic N) is 2. The summed E-state index contributed by atoms with van der Waals surface area (Å²) in [7, 11) is -3.46. The van der Waals surface area contributed by atoms with Gasteiger partial charge < -0.3 is 4.42 Å². The van der Waals surface area contributed by atoms with Crippen molar-refractivity contribution in [1.82, 2.24) is 9.29 Å². The smallest absolute Gasteiger partial charge is 0.336 e. The zero-order valence-corrected chi connectivity index (χ0v) is 18.0. The number of hydrogen-bond donors (Lipinski definition) is 0. The van der Waals surface area contributed by atoms with E-state index in [4.69, 9.17) is 4.42 Å². The molecule has 3 heterocycles. The number of benzene rings is 1. The first-order valence-electron chi connectivity index (χ1n) is 9.48. The summed E-state index contributed by atoms with van der Waals surface area (Å²) in [4.78, 5) is 16.5. The van der Waals surface area contributed by atoms with Crippen LogP contribution < -0.4 is 5.63 Å². The molecule has 0 aliphatic carbocycles. The van der Waals surface area contributed by atoms with Crippen LogP contribution in [0.3, 0.4) is 0 Å². The van der Waals surface area contributed by atoms with E-state index in [1.807, 2.05) is 26.0 Å². The van der Waals surface area contributed by atoms with E-state index in [1.165, 1.54) is 28.3 Å². The molecule has 0 saturated carbocycles. The SMILES string of the molecule is Cc1ccc2c(CSc3ccc(S(=O)(=O)N4CCCC4)cn3)cc(=O)oc2c1C. The van der Waals surface area contributed by atoms with Crippen LogP contribution in [0.15, 0.2) is 55.7 Å². The average Bonchev–Trinajstić information content (AvgIpc) is 3.25. The van der Waals surface area contributed by atoms with Crippen LogP contribution in [-0.4, -0.2) is 30.8 Å². The van der Waals surface area contributed by atoms with Gasteiger partial charge in [-0.05, 0) is 55.5 Å². The van der Waals surface area contributed by atoms with Gasteiger partial charge in [-0.15, -0.1) is 11.8 Å². The Bertz CT molecular complexity index is 1210. The highest BCUT2D eigenvalue weighted by Crippen LogP contribution is 2.29. The first kappa shape index (κ1) is 20.1. The first-order chi connectivity index (χ1) is 13.9. The monoisotopic (exact) mass is 430 g/mol. The minimum atomic E-state index is -3.46. The maximum absolute atomic E-state index is 12.6. The molecule has 152 valence electrons. The lowest BCUT2D eigenvalue weighted by atomic mass is 10.0. The molecule has 0 N–H and O–H groups in total. The van der Waals surface area contributed by atoms with E-state index < -0.39 is 10.0 Å². The summed E-state index contributed by atoms with van der Waals surface area (Å²) in [6, 6.07) is 8.82. The molecule has 4 rings (SSSR count). The Morgan fingerprint density at radius 2 is 1.90 bits per heavy atom. The second-order valence-corrected chi connectivity index (χ2v) is 10.1. The predicted molar refractivity (Wildman–Crippen MR) is 114 cm³/mol. The van der Waals surface area contributed by atoms with Gasteiger partial charge >= 0.3 is 5.63 Å². The fourth-order valence-electron chi connectivity index (χ4n) is 3.48. The Hall–Kier alpha value is -2.16. The van der Waals surface area contributed by atoms with Crippen molar-refractivity contribution in [2.24, 2.45) is 0 Å². The summed E-state index contributed by atoms with van der Waals surface area (Å²) < 4.78 is 32.1. The summed E-state index contributed by atoms with van der Waals surface area (Å²) in [5, 5.41) is 1.61. The van der Waals surface area contributed by atoms with Gasteiger partial charge in [0, 0.05) is 36.5 Å². The standard InChI is InChI=1S/C21H22N2O4S2/c1-14-5-7-18-16(11-20(24)27-21(18)15(14)2)13-28-19-8-6-17(12-22-19)29(25,26)23-9-3-4-10-23/h5-8,11-12H,3-4,9-10,13H2,1-2H3. The minimum Gasteiger partial charge on any atom is -0.422 e. The molecule has 0 spiro atoms. The Balaban J connectivity index is 1.56. The van der Waals surface area contributed by atoms with Gasteiger partial charge in [0.1, 0.15) is 10.5 Å². The van der Waals surface area contributed by atoms with E-state index in [1.54, 1.807) is 12.1 Å². The van der Waals surface area contributed by atoms with Crippen LogP contribution >= 0.6 is 11.8 Å². The Morgan fingerprint density at radius 1 is 1.14 bits per heavy atom. The number of pyridine rings is 1. The maximum Gasteiger partial charge on any atom is 0.336 e. The van der Waals surface area contributed by atoms with Crippen molar-refractivity contribution >= 4 is 32.8 Å². The lowest BCUT2D eigenvalue weighted by Gasteiger charge is -2.15. The van der Waals surface area contributed by atoms with E-state index in [2.05, 4.69) is 4.98 Å². The molecule has 6 nitrogen and oxygen atoms in total. The second-order valence-electron chi connectivity index (χ2n) is 7.21. The number of hydrogen-bond acceptors (Lipinski definition) is 6. The van der Waals surface area contributed by atoms with E-state index in [9.17, 15) is 13.2 Å². The van der Waals surface area contributed by atoms with Crippen molar-refractivity contribution in [3.05, 3.63) is 63.6 Å². The maximum atomic E-state index is 12.6. The van der Waals surface area contributed by atoms with Crippen LogP contribution in [0.5, 0.6) is 0 Å². The van der Waals surface area contributed by atoms with Gasteiger partial charge in [0.25, 0.3) is 0 Å². The van der Waals surface area contributed by atoms with E-state index in [-0.39, 0.29) is 10.5 Å². The fourth-order valence-corrected chi connectivity index (χ4v) is 5.77. The Morgan fingerprint density at radius 3 is 2.59 bits per heavy atom. The molecule has 0 amide bonds. The highest BCUT2D eigenvalue weighted by molar-refractivity contribution is 7.98. The number of sulfonamides is 1. The van der Waals surface area contributed by atoms with Crippen molar-refractivity contribution in [1.29, 1.82) is 0 Å². The molecule has 1 aromatic carbocycles. The van der Waals surface area contributed by atoms with E-state index in [0.29, 0.717) is 29.5 Å². The van der Waals surface area contributed by atoms with Gasteiger partial charge in [-0.3, -0.25) is 0 Å².